The normalized spacial score (nSPS) is 9.78. The van der Waals surface area contributed by atoms with Crippen LogP contribution in [0.2, 0.25) is 0 Å². The largest absolute Gasteiger partial charge is 0.368 e. The van der Waals surface area contributed by atoms with Crippen LogP contribution in [0.5, 0.6) is 0 Å². The van der Waals surface area contributed by atoms with E-state index in [1.807, 2.05) is 6.92 Å². The van der Waals surface area contributed by atoms with Crippen LogP contribution >= 0.6 is 12.8 Å². The molecule has 0 bridgehead atoms. The third-order valence-corrected chi connectivity index (χ3v) is 5.96. The highest BCUT2D eigenvalue weighted by molar-refractivity contribution is 7.78. The Balaban J connectivity index is 0. The van der Waals surface area contributed by atoms with E-state index in [2.05, 4.69) is 28.2 Å². The average molecular weight is 663 g/mol. The van der Waals surface area contributed by atoms with Crippen LogP contribution in [0.4, 0.5) is 0 Å². The zero-order valence-corrected chi connectivity index (χ0v) is 27.7. The zero-order valence-electron chi connectivity index (χ0n) is 26.8. The lowest BCUT2D eigenvalue weighted by Gasteiger charge is -2.24. The van der Waals surface area contributed by atoms with Gasteiger partial charge in [0.15, 0.2) is 0 Å². The summed E-state index contributed by atoms with van der Waals surface area (Å²) in [4.78, 5) is 111. The van der Waals surface area contributed by atoms with E-state index < -0.39 is 35.4 Å². The van der Waals surface area contributed by atoms with Gasteiger partial charge in [0.05, 0.1) is 52.4 Å². The van der Waals surface area contributed by atoms with Crippen LogP contribution in [-0.2, 0) is 43.2 Å². The van der Waals surface area contributed by atoms with Crippen LogP contribution < -0.4 is 21.1 Å². The van der Waals surface area contributed by atoms with E-state index >= 15 is 0 Å². The van der Waals surface area contributed by atoms with E-state index in [1.165, 1.54) is 33.1 Å². The lowest BCUT2D eigenvalue weighted by molar-refractivity contribution is -0.142. The molecule has 0 aromatic carbocycles. The van der Waals surface area contributed by atoms with Gasteiger partial charge in [-0.05, 0) is 6.92 Å². The molecule has 256 valence electrons. The Morgan fingerprint density at radius 2 is 0.956 bits per heavy atom. The number of nitrogens with zero attached hydrogens (tertiary/aromatic N) is 6. The number of hydrogen-bond donors (Lipinski definition) is 5. The summed E-state index contributed by atoms with van der Waals surface area (Å²) in [6.45, 7) is 0.839. The van der Waals surface area contributed by atoms with E-state index in [9.17, 15) is 43.2 Å². The van der Waals surface area contributed by atoms with Crippen molar-refractivity contribution in [3.8, 4) is 0 Å². The highest BCUT2D eigenvalue weighted by atomic mass is 32.1. The molecular formula is C25H46N10O9S. The number of likely N-dealkylation sites (N-methyl/N-ethyl adjacent to an activating group) is 6. The molecule has 0 heterocycles. The molecule has 0 radical (unpaired) electrons. The topological polar surface area (TPSA) is 235 Å². The molecule has 0 aliphatic rings. The van der Waals surface area contributed by atoms with Crippen molar-refractivity contribution < 1.29 is 43.2 Å². The van der Waals surface area contributed by atoms with Gasteiger partial charge in [0.1, 0.15) is 0 Å². The van der Waals surface area contributed by atoms with Crippen molar-refractivity contribution in [3.63, 3.8) is 0 Å². The predicted octanol–water partition coefficient (Wildman–Crippen LogP) is -5.48. The van der Waals surface area contributed by atoms with Crippen LogP contribution in [0.1, 0.15) is 6.92 Å². The molecule has 0 aliphatic carbocycles. The van der Waals surface area contributed by atoms with Crippen molar-refractivity contribution in [2.45, 2.75) is 6.92 Å². The molecule has 0 unspecified atom stereocenters. The number of nitrogens with one attached hydrogen (secondary N) is 3. The predicted molar refractivity (Wildman–Crippen MR) is 165 cm³/mol. The molecule has 0 saturated heterocycles. The Morgan fingerprint density at radius 3 is 1.38 bits per heavy atom. The molecule has 5 N–H and O–H groups in total. The van der Waals surface area contributed by atoms with Gasteiger partial charge in [0.2, 0.25) is 53.7 Å². The quantitative estimate of drug-likeness (QED) is 0.0690. The lowest BCUT2D eigenvalue weighted by Crippen LogP contribution is -2.48. The summed E-state index contributed by atoms with van der Waals surface area (Å²) in [7, 11) is 8.77. The standard InChI is InChI=1S/C17H29N7O7.C8H17N3O2S/c1-21(11-25)7-13(27)20-6-15(29)23(3)9-17(31)24(4)10-16(30)22(2)8-14(28)19-5-12(18)26;1-4-10(2)8(13)6-11(3)7(12)5-9-14/h11H,5-10H2,1-4H3,(H2,18,26)(H,19,28)(H,20,27);9,14H,4-6H2,1-3H3. The number of thiol groups is 1. The maximum atomic E-state index is 12.2. The molecule has 0 aliphatic heterocycles. The number of hydrogen-bond acceptors (Lipinski definition) is 11. The molecule has 0 rings (SSSR count). The number of carbonyl (C=O) groups is 9. The molecule has 45 heavy (non-hydrogen) atoms. The van der Waals surface area contributed by atoms with Crippen molar-refractivity contribution in [1.29, 1.82) is 0 Å². The third-order valence-electron chi connectivity index (χ3n) is 5.80. The number of carbonyl (C=O) groups excluding carboxylic acids is 9. The summed E-state index contributed by atoms with van der Waals surface area (Å²) in [5.74, 6) is -3.69. The van der Waals surface area contributed by atoms with Gasteiger partial charge in [0, 0.05) is 48.8 Å². The molecule has 19 nitrogen and oxygen atoms in total. The van der Waals surface area contributed by atoms with Gasteiger partial charge < -0.3 is 45.8 Å². The Hall–Kier alpha value is -4.46. The van der Waals surface area contributed by atoms with Crippen molar-refractivity contribution in [2.75, 3.05) is 101 Å². The van der Waals surface area contributed by atoms with Crippen LogP contribution in [-0.4, -0.2) is 184 Å². The second kappa shape index (κ2) is 23.0. The summed E-state index contributed by atoms with van der Waals surface area (Å²) in [5, 5.41) is 4.56. The molecule has 20 heteroatoms. The second-order valence-corrected chi connectivity index (χ2v) is 10.1. The molecular weight excluding hydrogens is 616 g/mol. The van der Waals surface area contributed by atoms with Crippen LogP contribution in [0.15, 0.2) is 0 Å². The summed E-state index contributed by atoms with van der Waals surface area (Å²) in [5.41, 5.74) is 4.91. The Labute approximate surface area is 268 Å². The minimum absolute atomic E-state index is 0.0671. The number of primary amides is 1. The van der Waals surface area contributed by atoms with E-state index in [0.29, 0.717) is 13.0 Å². The van der Waals surface area contributed by atoms with Gasteiger partial charge in [-0.25, -0.2) is 0 Å². The molecule has 0 aromatic heterocycles. The minimum Gasteiger partial charge on any atom is -0.368 e. The smallest absolute Gasteiger partial charge is 0.242 e. The van der Waals surface area contributed by atoms with Gasteiger partial charge >= 0.3 is 0 Å². The number of rotatable bonds is 18. The Kier molecular flexibility index (Phi) is 21.8. The van der Waals surface area contributed by atoms with Gasteiger partial charge in [-0.15, -0.1) is 0 Å². The molecule has 9 amide bonds. The van der Waals surface area contributed by atoms with Gasteiger partial charge in [-0.2, -0.15) is 0 Å². The van der Waals surface area contributed by atoms with Crippen molar-refractivity contribution in [1.82, 2.24) is 44.8 Å². The van der Waals surface area contributed by atoms with Gasteiger partial charge in [-0.3, -0.25) is 47.9 Å². The highest BCUT2D eigenvalue weighted by Gasteiger charge is 2.21. The molecule has 0 aromatic rings. The SMILES string of the molecule is CCN(C)C(=O)CN(C)C(=O)CNS.CN(C=O)CC(=O)NCC(=O)N(C)CC(=O)N(C)CC(=O)N(C)CC(=O)NCC(N)=O. The third kappa shape index (κ3) is 20.2. The van der Waals surface area contributed by atoms with E-state index in [-0.39, 0.29) is 64.2 Å². The van der Waals surface area contributed by atoms with E-state index in [1.54, 1.807) is 19.0 Å². The molecule has 0 spiro atoms. The van der Waals surface area contributed by atoms with E-state index in [4.69, 9.17) is 5.73 Å². The van der Waals surface area contributed by atoms with Crippen LogP contribution in [0.3, 0.4) is 0 Å². The second-order valence-electron chi connectivity index (χ2n) is 9.78. The fraction of sp³-hybridized carbons (Fsp3) is 0.640. The first-order chi connectivity index (χ1) is 20.9. The molecule has 0 saturated carbocycles. The first-order valence-electron chi connectivity index (χ1n) is 13.4. The zero-order chi connectivity index (χ0) is 35.3. The maximum Gasteiger partial charge on any atom is 0.242 e. The minimum atomic E-state index is -0.723. The number of nitrogens with two attached hydrogens (primary N) is 1. The number of amides is 9. The Bertz CT molecular complexity index is 1060. The fourth-order valence-electron chi connectivity index (χ4n) is 2.79. The van der Waals surface area contributed by atoms with Crippen molar-refractivity contribution in [3.05, 3.63) is 0 Å². The van der Waals surface area contributed by atoms with E-state index in [0.717, 1.165) is 19.6 Å². The van der Waals surface area contributed by atoms with Crippen molar-refractivity contribution >= 4 is 66.5 Å². The molecule has 0 fully saturated rings. The first-order valence-corrected chi connectivity index (χ1v) is 13.9. The summed E-state index contributed by atoms with van der Waals surface area (Å²) in [6, 6.07) is 0. The van der Waals surface area contributed by atoms with Crippen LogP contribution in [0.25, 0.3) is 0 Å². The monoisotopic (exact) mass is 662 g/mol. The summed E-state index contributed by atoms with van der Waals surface area (Å²) >= 11 is 3.71. The maximum absolute atomic E-state index is 12.2. The first kappa shape index (κ1) is 42.7. The van der Waals surface area contributed by atoms with Crippen LogP contribution in [0, 0.1) is 0 Å². The summed E-state index contributed by atoms with van der Waals surface area (Å²) in [6.07, 6.45) is 0.467. The lowest BCUT2D eigenvalue weighted by atomic mass is 10.4. The average Bonchev–Trinajstić information content (AvgIpc) is 2.98. The fourth-order valence-corrected chi connectivity index (χ4v) is 2.92. The Morgan fingerprint density at radius 1 is 0.578 bits per heavy atom. The van der Waals surface area contributed by atoms with Crippen molar-refractivity contribution in [2.24, 2.45) is 5.73 Å². The molecule has 0 atom stereocenters. The highest BCUT2D eigenvalue weighted by Crippen LogP contribution is 1.94. The van der Waals surface area contributed by atoms with Gasteiger partial charge in [-0.1, -0.05) is 12.8 Å². The van der Waals surface area contributed by atoms with Gasteiger partial charge in [0.25, 0.3) is 0 Å². The summed E-state index contributed by atoms with van der Waals surface area (Å²) < 4.78 is 2.44.